The average molecular weight is 331 g/mol. The molecule has 2 atom stereocenters. The van der Waals surface area contributed by atoms with Gasteiger partial charge in [0.2, 0.25) is 0 Å². The van der Waals surface area contributed by atoms with Gasteiger partial charge in [-0.1, -0.05) is 30.3 Å². The van der Waals surface area contributed by atoms with Crippen molar-refractivity contribution in [3.8, 4) is 0 Å². The first-order valence-electron chi connectivity index (χ1n) is 7.44. The maximum atomic E-state index is 12.3. The number of benzene rings is 1. The molecule has 6 heteroatoms. The van der Waals surface area contributed by atoms with E-state index in [4.69, 9.17) is 9.84 Å². The van der Waals surface area contributed by atoms with Gasteiger partial charge in [-0.05, 0) is 30.5 Å². The van der Waals surface area contributed by atoms with Crippen LogP contribution < -0.4 is 5.32 Å². The minimum absolute atomic E-state index is 0.0202. The Morgan fingerprint density at radius 1 is 1.13 bits per heavy atom. The summed E-state index contributed by atoms with van der Waals surface area (Å²) >= 11 is 0.992. The van der Waals surface area contributed by atoms with Crippen LogP contribution in [0.4, 0.5) is 0 Å². The SMILES string of the molecule is O=C(O)c1ccc(C(=O)N[C@@H]2CCO[C@@H](c3ccccc3)C2)s1. The molecule has 1 fully saturated rings. The first kappa shape index (κ1) is 15.7. The highest BCUT2D eigenvalue weighted by atomic mass is 32.1. The number of ether oxygens (including phenoxy) is 1. The first-order valence-corrected chi connectivity index (χ1v) is 8.25. The maximum Gasteiger partial charge on any atom is 0.345 e. The largest absolute Gasteiger partial charge is 0.477 e. The number of amides is 1. The second-order valence-corrected chi connectivity index (χ2v) is 6.52. The number of carboxylic acid groups (broad SMARTS) is 1. The van der Waals surface area contributed by atoms with Gasteiger partial charge in [0, 0.05) is 12.6 Å². The molecule has 0 unspecified atom stereocenters. The zero-order valence-corrected chi connectivity index (χ0v) is 13.2. The van der Waals surface area contributed by atoms with E-state index in [-0.39, 0.29) is 22.9 Å². The fourth-order valence-electron chi connectivity index (χ4n) is 2.66. The zero-order valence-electron chi connectivity index (χ0n) is 12.4. The lowest BCUT2D eigenvalue weighted by molar-refractivity contribution is 0.000934. The van der Waals surface area contributed by atoms with E-state index in [1.165, 1.54) is 6.07 Å². The second-order valence-electron chi connectivity index (χ2n) is 5.43. The molecule has 120 valence electrons. The molecule has 3 rings (SSSR count). The Kier molecular flexibility index (Phi) is 4.73. The van der Waals surface area contributed by atoms with E-state index in [0.717, 1.165) is 23.3 Å². The minimum atomic E-state index is -1.01. The number of thiophene rings is 1. The van der Waals surface area contributed by atoms with Crippen LogP contribution >= 0.6 is 11.3 Å². The van der Waals surface area contributed by atoms with E-state index in [1.807, 2.05) is 30.3 Å². The van der Waals surface area contributed by atoms with Crippen LogP contribution in [0.25, 0.3) is 0 Å². The fraction of sp³-hybridized carbons (Fsp3) is 0.294. The topological polar surface area (TPSA) is 75.6 Å². The maximum absolute atomic E-state index is 12.3. The summed E-state index contributed by atoms with van der Waals surface area (Å²) in [6, 6.07) is 13.0. The molecule has 23 heavy (non-hydrogen) atoms. The first-order chi connectivity index (χ1) is 11.1. The van der Waals surface area contributed by atoms with Crippen molar-refractivity contribution < 1.29 is 19.4 Å². The van der Waals surface area contributed by atoms with Crippen LogP contribution in [0.5, 0.6) is 0 Å². The summed E-state index contributed by atoms with van der Waals surface area (Å²) in [5.41, 5.74) is 1.11. The molecule has 1 aliphatic rings. The second kappa shape index (κ2) is 6.93. The number of aromatic carboxylic acids is 1. The highest BCUT2D eigenvalue weighted by molar-refractivity contribution is 7.15. The van der Waals surface area contributed by atoms with Gasteiger partial charge in [-0.25, -0.2) is 4.79 Å². The van der Waals surface area contributed by atoms with Gasteiger partial charge in [-0.15, -0.1) is 11.3 Å². The lowest BCUT2D eigenvalue weighted by atomic mass is 9.97. The normalized spacial score (nSPS) is 20.9. The predicted octanol–water partition coefficient (Wildman–Crippen LogP) is 3.10. The van der Waals surface area contributed by atoms with Gasteiger partial charge < -0.3 is 15.2 Å². The van der Waals surface area contributed by atoms with Gasteiger partial charge in [0.15, 0.2) is 0 Å². The number of hydrogen-bond donors (Lipinski definition) is 2. The third-order valence-electron chi connectivity index (χ3n) is 3.83. The van der Waals surface area contributed by atoms with Crippen molar-refractivity contribution >= 4 is 23.2 Å². The van der Waals surface area contributed by atoms with E-state index in [2.05, 4.69) is 5.32 Å². The van der Waals surface area contributed by atoms with Crippen LogP contribution in [-0.4, -0.2) is 29.6 Å². The third kappa shape index (κ3) is 3.78. The number of carboxylic acids is 1. The summed E-state index contributed by atoms with van der Waals surface area (Å²) in [5, 5.41) is 11.9. The molecule has 0 radical (unpaired) electrons. The summed E-state index contributed by atoms with van der Waals surface area (Å²) < 4.78 is 5.79. The Bertz CT molecular complexity index is 698. The number of carbonyl (C=O) groups is 2. The van der Waals surface area contributed by atoms with Crippen LogP contribution in [-0.2, 0) is 4.74 Å². The molecule has 1 aromatic heterocycles. The standard InChI is InChI=1S/C17H17NO4S/c19-16(14-6-7-15(23-14)17(20)21)18-12-8-9-22-13(10-12)11-4-2-1-3-5-11/h1-7,12-13H,8-10H2,(H,18,19)(H,20,21)/t12-,13-/m1/s1. The lowest BCUT2D eigenvalue weighted by Gasteiger charge is -2.30. The predicted molar refractivity (Wildman–Crippen MR) is 86.9 cm³/mol. The summed E-state index contributed by atoms with van der Waals surface area (Å²) in [6.07, 6.45) is 1.45. The van der Waals surface area contributed by atoms with Gasteiger partial charge in [0.05, 0.1) is 11.0 Å². The van der Waals surface area contributed by atoms with Gasteiger partial charge in [-0.3, -0.25) is 4.79 Å². The molecule has 1 aliphatic heterocycles. The molecule has 2 heterocycles. The molecule has 2 N–H and O–H groups in total. The minimum Gasteiger partial charge on any atom is -0.477 e. The molecule has 2 aromatic rings. The van der Waals surface area contributed by atoms with E-state index in [1.54, 1.807) is 6.07 Å². The molecule has 5 nitrogen and oxygen atoms in total. The Morgan fingerprint density at radius 2 is 1.87 bits per heavy atom. The molecule has 1 amide bonds. The van der Waals surface area contributed by atoms with Crippen molar-refractivity contribution in [3.63, 3.8) is 0 Å². The number of hydrogen-bond acceptors (Lipinski definition) is 4. The van der Waals surface area contributed by atoms with Crippen LogP contribution in [0.3, 0.4) is 0 Å². The number of nitrogens with one attached hydrogen (secondary N) is 1. The van der Waals surface area contributed by atoms with Gasteiger partial charge in [0.25, 0.3) is 5.91 Å². The van der Waals surface area contributed by atoms with Crippen LogP contribution in [0.15, 0.2) is 42.5 Å². The zero-order chi connectivity index (χ0) is 16.2. The Hall–Kier alpha value is -2.18. The summed E-state index contributed by atoms with van der Waals surface area (Å²) in [5.74, 6) is -1.23. The van der Waals surface area contributed by atoms with Crippen molar-refractivity contribution in [1.29, 1.82) is 0 Å². The monoisotopic (exact) mass is 331 g/mol. The molecule has 0 aliphatic carbocycles. The van der Waals surface area contributed by atoms with E-state index in [0.29, 0.717) is 17.9 Å². The molecule has 0 saturated carbocycles. The number of carbonyl (C=O) groups excluding carboxylic acids is 1. The molecule has 0 spiro atoms. The van der Waals surface area contributed by atoms with Crippen LogP contribution in [0, 0.1) is 0 Å². The lowest BCUT2D eigenvalue weighted by Crippen LogP contribution is -2.39. The summed E-state index contributed by atoms with van der Waals surface area (Å²) in [4.78, 5) is 23.7. The molecular formula is C17H17NO4S. The smallest absolute Gasteiger partial charge is 0.345 e. The van der Waals surface area contributed by atoms with Crippen molar-refractivity contribution in [2.24, 2.45) is 0 Å². The molecular weight excluding hydrogens is 314 g/mol. The van der Waals surface area contributed by atoms with Crippen molar-refractivity contribution in [2.75, 3.05) is 6.61 Å². The number of rotatable bonds is 4. The van der Waals surface area contributed by atoms with E-state index < -0.39 is 5.97 Å². The third-order valence-corrected chi connectivity index (χ3v) is 4.90. The Balaban J connectivity index is 1.63. The fourth-order valence-corrected chi connectivity index (χ4v) is 3.41. The van der Waals surface area contributed by atoms with Crippen molar-refractivity contribution in [2.45, 2.75) is 25.0 Å². The highest BCUT2D eigenvalue weighted by Crippen LogP contribution is 2.28. The van der Waals surface area contributed by atoms with Gasteiger partial charge >= 0.3 is 5.97 Å². The quantitative estimate of drug-likeness (QED) is 0.903. The Morgan fingerprint density at radius 3 is 2.57 bits per heavy atom. The molecule has 1 aromatic carbocycles. The van der Waals surface area contributed by atoms with E-state index in [9.17, 15) is 9.59 Å². The highest BCUT2D eigenvalue weighted by Gasteiger charge is 2.25. The summed E-state index contributed by atoms with van der Waals surface area (Å²) in [7, 11) is 0. The van der Waals surface area contributed by atoms with E-state index >= 15 is 0 Å². The van der Waals surface area contributed by atoms with Crippen LogP contribution in [0.1, 0.15) is 43.9 Å². The van der Waals surface area contributed by atoms with Gasteiger partial charge in [0.1, 0.15) is 4.88 Å². The summed E-state index contributed by atoms with van der Waals surface area (Å²) in [6.45, 7) is 0.593. The Labute approximate surface area is 137 Å². The van der Waals surface area contributed by atoms with Crippen molar-refractivity contribution in [1.82, 2.24) is 5.32 Å². The van der Waals surface area contributed by atoms with Crippen molar-refractivity contribution in [3.05, 3.63) is 57.8 Å². The molecule has 0 bridgehead atoms. The average Bonchev–Trinajstić information content (AvgIpc) is 3.06. The van der Waals surface area contributed by atoms with Crippen LogP contribution in [0.2, 0.25) is 0 Å². The molecule has 1 saturated heterocycles. The van der Waals surface area contributed by atoms with Gasteiger partial charge in [-0.2, -0.15) is 0 Å².